The van der Waals surface area contributed by atoms with Crippen molar-refractivity contribution in [3.8, 4) is 0 Å². The van der Waals surface area contributed by atoms with Crippen molar-refractivity contribution in [1.29, 1.82) is 0 Å². The summed E-state index contributed by atoms with van der Waals surface area (Å²) in [6.07, 6.45) is 6.01. The minimum Gasteiger partial charge on any atom is -0.339 e. The van der Waals surface area contributed by atoms with E-state index in [1.54, 1.807) is 6.20 Å². The molecule has 0 spiro atoms. The lowest BCUT2D eigenvalue weighted by molar-refractivity contribution is 0.0610. The van der Waals surface area contributed by atoms with Gasteiger partial charge in [0.15, 0.2) is 0 Å². The summed E-state index contributed by atoms with van der Waals surface area (Å²) in [5.74, 6) is 0.125. The number of aromatic nitrogens is 1. The van der Waals surface area contributed by atoms with Gasteiger partial charge in [0.2, 0.25) is 0 Å². The summed E-state index contributed by atoms with van der Waals surface area (Å²) < 4.78 is 12.4. The van der Waals surface area contributed by atoms with E-state index < -0.39 is 10.8 Å². The third kappa shape index (κ3) is 5.55. The normalized spacial score (nSPS) is 18.4. The summed E-state index contributed by atoms with van der Waals surface area (Å²) in [7, 11) is -0.942. The van der Waals surface area contributed by atoms with E-state index in [0.717, 1.165) is 73.2 Å². The number of carbonyl (C=O) groups excluding carboxylic acids is 1. The quantitative estimate of drug-likeness (QED) is 0.423. The van der Waals surface area contributed by atoms with Crippen LogP contribution in [0.1, 0.15) is 62.4 Å². The molecule has 0 saturated carbocycles. The summed E-state index contributed by atoms with van der Waals surface area (Å²) in [6.45, 7) is 9.99. The van der Waals surface area contributed by atoms with E-state index in [0.29, 0.717) is 6.04 Å². The number of benzene rings is 2. The zero-order valence-electron chi connectivity index (χ0n) is 22.2. The fraction of sp³-hybridized carbons (Fsp3) is 0.419. The number of pyridine rings is 1. The first-order valence-electron chi connectivity index (χ1n) is 13.5. The average molecular weight is 516 g/mol. The highest BCUT2D eigenvalue weighted by Crippen LogP contribution is 2.30. The molecule has 37 heavy (non-hydrogen) atoms. The van der Waals surface area contributed by atoms with Crippen molar-refractivity contribution in [1.82, 2.24) is 14.8 Å². The molecule has 2 saturated heterocycles. The maximum absolute atomic E-state index is 13.3. The molecule has 2 aliphatic rings. The summed E-state index contributed by atoms with van der Waals surface area (Å²) in [6, 6.07) is 18.6. The number of fused-ring (bicyclic) bond motifs is 1. The van der Waals surface area contributed by atoms with Crippen LogP contribution in [0, 0.1) is 0 Å². The Kier molecular flexibility index (Phi) is 7.87. The maximum Gasteiger partial charge on any atom is 0.254 e. The topological polar surface area (TPSA) is 53.5 Å². The number of hydrogen-bond donors (Lipinski definition) is 0. The molecule has 1 amide bonds. The van der Waals surface area contributed by atoms with Gasteiger partial charge in [0.25, 0.3) is 5.91 Å². The van der Waals surface area contributed by atoms with Crippen molar-refractivity contribution < 1.29 is 9.00 Å². The summed E-state index contributed by atoms with van der Waals surface area (Å²) in [4.78, 5) is 23.3. The van der Waals surface area contributed by atoms with E-state index in [-0.39, 0.29) is 11.2 Å². The van der Waals surface area contributed by atoms with Crippen molar-refractivity contribution in [3.63, 3.8) is 0 Å². The summed E-state index contributed by atoms with van der Waals surface area (Å²) in [5, 5.41) is 1.07. The van der Waals surface area contributed by atoms with E-state index in [9.17, 15) is 9.00 Å². The van der Waals surface area contributed by atoms with Crippen LogP contribution in [-0.2, 0) is 10.8 Å². The molecule has 1 unspecified atom stereocenters. The zero-order chi connectivity index (χ0) is 25.9. The van der Waals surface area contributed by atoms with Gasteiger partial charge in [0.1, 0.15) is 0 Å². The molecular formula is C31H37N3O2S. The lowest BCUT2D eigenvalue weighted by atomic mass is 9.92. The van der Waals surface area contributed by atoms with Gasteiger partial charge in [-0.25, -0.2) is 0 Å². The predicted molar refractivity (Wildman–Crippen MR) is 152 cm³/mol. The minimum atomic E-state index is -0.942. The molecule has 6 heteroatoms. The van der Waals surface area contributed by atoms with Crippen molar-refractivity contribution in [2.24, 2.45) is 0 Å². The molecule has 0 N–H and O–H groups in total. The Morgan fingerprint density at radius 1 is 0.946 bits per heavy atom. The van der Waals surface area contributed by atoms with Gasteiger partial charge in [-0.2, -0.15) is 0 Å². The second-order valence-electron chi connectivity index (χ2n) is 10.5. The van der Waals surface area contributed by atoms with Gasteiger partial charge >= 0.3 is 0 Å². The van der Waals surface area contributed by atoms with E-state index >= 15 is 0 Å². The summed E-state index contributed by atoms with van der Waals surface area (Å²) >= 11 is 0. The molecule has 0 radical (unpaired) electrons. The van der Waals surface area contributed by atoms with Crippen LogP contribution in [0.5, 0.6) is 0 Å². The lowest BCUT2D eigenvalue weighted by Gasteiger charge is -2.41. The van der Waals surface area contributed by atoms with Gasteiger partial charge < -0.3 is 4.90 Å². The molecule has 2 aromatic carbocycles. The molecule has 1 aromatic heterocycles. The first-order chi connectivity index (χ1) is 17.9. The standard InChI is InChI=1S/C31H37N3O2S/c1-22(2)37(36)27-11-9-24(10-12-27)23(3)25-13-18-33(19-14-25)26-15-20-34(21-16-26)31(35)29-6-4-8-30-28(29)7-5-17-32-30/h4-12,17,22,26H,13-16,18-21H2,1-3H3. The molecule has 3 heterocycles. The predicted octanol–water partition coefficient (Wildman–Crippen LogP) is 5.92. The molecule has 5 rings (SSSR count). The molecule has 3 aromatic rings. The number of hydrogen-bond acceptors (Lipinski definition) is 4. The van der Waals surface area contributed by atoms with Crippen LogP contribution >= 0.6 is 0 Å². The number of rotatable bonds is 5. The Morgan fingerprint density at radius 3 is 2.32 bits per heavy atom. The molecule has 0 bridgehead atoms. The Hall–Kier alpha value is -2.83. The van der Waals surface area contributed by atoms with Crippen LogP contribution in [0.4, 0.5) is 0 Å². The van der Waals surface area contributed by atoms with Gasteiger partial charge in [-0.05, 0) is 74.1 Å². The summed E-state index contributed by atoms with van der Waals surface area (Å²) in [5.41, 5.74) is 5.77. The zero-order valence-corrected chi connectivity index (χ0v) is 23.0. The van der Waals surface area contributed by atoms with Crippen LogP contribution in [0.2, 0.25) is 0 Å². The second kappa shape index (κ2) is 11.3. The van der Waals surface area contributed by atoms with Crippen molar-refractivity contribution >= 4 is 33.2 Å². The van der Waals surface area contributed by atoms with Crippen molar-refractivity contribution in [2.45, 2.75) is 62.6 Å². The molecule has 2 aliphatic heterocycles. The van der Waals surface area contributed by atoms with Crippen LogP contribution in [0.15, 0.2) is 71.3 Å². The minimum absolute atomic E-state index is 0.125. The van der Waals surface area contributed by atoms with Crippen molar-refractivity contribution in [3.05, 3.63) is 77.5 Å². The van der Waals surface area contributed by atoms with Crippen LogP contribution < -0.4 is 0 Å². The van der Waals surface area contributed by atoms with Crippen molar-refractivity contribution in [2.75, 3.05) is 26.2 Å². The Labute approximate surface area is 223 Å². The second-order valence-corrected chi connectivity index (χ2v) is 12.5. The number of piperidine rings is 2. The smallest absolute Gasteiger partial charge is 0.254 e. The highest BCUT2D eigenvalue weighted by atomic mass is 32.2. The molecule has 2 fully saturated rings. The van der Waals surface area contributed by atoms with Crippen LogP contribution in [0.25, 0.3) is 16.5 Å². The number of nitrogens with zero attached hydrogens (tertiary/aromatic N) is 3. The molecule has 0 aliphatic carbocycles. The van der Waals surface area contributed by atoms with Crippen LogP contribution in [-0.4, -0.2) is 62.4 Å². The van der Waals surface area contributed by atoms with Gasteiger partial charge in [0, 0.05) is 59.5 Å². The molecule has 1 atom stereocenters. The number of amides is 1. The Morgan fingerprint density at radius 2 is 1.65 bits per heavy atom. The monoisotopic (exact) mass is 515 g/mol. The van der Waals surface area contributed by atoms with E-state index in [4.69, 9.17) is 0 Å². The number of likely N-dealkylation sites (tertiary alicyclic amines) is 2. The van der Waals surface area contributed by atoms with E-state index in [2.05, 4.69) is 28.9 Å². The van der Waals surface area contributed by atoms with Gasteiger partial charge in [0.05, 0.1) is 16.3 Å². The lowest BCUT2D eigenvalue weighted by Crippen LogP contribution is -2.48. The fourth-order valence-electron chi connectivity index (χ4n) is 5.74. The fourth-order valence-corrected chi connectivity index (χ4v) is 6.69. The molecular weight excluding hydrogens is 478 g/mol. The SMILES string of the molecule is CC(=C1CCN(C2CCN(C(=O)c3cccc4ncccc34)CC2)CC1)c1ccc(S(=O)C(C)C)cc1. The first-order valence-corrected chi connectivity index (χ1v) is 14.7. The van der Waals surface area contributed by atoms with Crippen LogP contribution in [0.3, 0.4) is 0 Å². The van der Waals surface area contributed by atoms with E-state index in [1.165, 1.54) is 16.7 Å². The largest absolute Gasteiger partial charge is 0.339 e. The Balaban J connectivity index is 1.17. The van der Waals surface area contributed by atoms with Gasteiger partial charge in [-0.1, -0.05) is 43.7 Å². The number of carbonyl (C=O) groups is 1. The van der Waals surface area contributed by atoms with E-state index in [1.807, 2.05) is 61.2 Å². The maximum atomic E-state index is 13.3. The number of allylic oxidation sites excluding steroid dienone is 1. The highest BCUT2D eigenvalue weighted by molar-refractivity contribution is 7.85. The molecule has 5 nitrogen and oxygen atoms in total. The average Bonchev–Trinajstić information content (AvgIpc) is 2.96. The molecule has 194 valence electrons. The third-order valence-corrected chi connectivity index (χ3v) is 9.62. The third-order valence-electron chi connectivity index (χ3n) is 8.02. The first kappa shape index (κ1) is 25.8. The van der Waals surface area contributed by atoms with Gasteiger partial charge in [-0.15, -0.1) is 0 Å². The Bertz CT molecular complexity index is 1310. The van der Waals surface area contributed by atoms with Gasteiger partial charge in [-0.3, -0.25) is 18.9 Å². The highest BCUT2D eigenvalue weighted by Gasteiger charge is 2.29.